The number of hydrogen-bond acceptors (Lipinski definition) is 3. The fraction of sp³-hybridized carbons (Fsp3) is 0.733. The second-order valence-electron chi connectivity index (χ2n) is 6.33. The van der Waals surface area contributed by atoms with Gasteiger partial charge in [-0.1, -0.05) is 19.8 Å². The molecular weight excluding hydrogens is 311 g/mol. The van der Waals surface area contributed by atoms with Crippen molar-refractivity contribution in [1.82, 2.24) is 14.9 Å². The van der Waals surface area contributed by atoms with Gasteiger partial charge in [-0.3, -0.25) is 4.79 Å². The van der Waals surface area contributed by atoms with Crippen LogP contribution in [-0.2, 0) is 17.4 Å². The van der Waals surface area contributed by atoms with Gasteiger partial charge in [0.05, 0.1) is 6.42 Å². The molecule has 5 nitrogen and oxygen atoms in total. The fourth-order valence-electron chi connectivity index (χ4n) is 3.09. The van der Waals surface area contributed by atoms with Crippen molar-refractivity contribution in [3.8, 4) is 0 Å². The average molecular weight is 333 g/mol. The summed E-state index contributed by atoms with van der Waals surface area (Å²) in [5.74, 6) is -1.18. The lowest BCUT2D eigenvalue weighted by Crippen LogP contribution is -2.50. The molecule has 130 valence electrons. The smallest absolute Gasteiger partial charge is 0.374 e. The first kappa shape index (κ1) is 17.8. The Morgan fingerprint density at radius 2 is 2.09 bits per heavy atom. The largest absolute Gasteiger partial charge is 0.425 e. The van der Waals surface area contributed by atoms with Crippen molar-refractivity contribution in [1.29, 1.82) is 0 Å². The quantitative estimate of drug-likeness (QED) is 0.888. The van der Waals surface area contributed by atoms with Gasteiger partial charge in [0, 0.05) is 25.5 Å². The molecular formula is C15H22F3N3O2. The number of nitrogens with zero attached hydrogens (tertiary/aromatic N) is 2. The Labute approximate surface area is 132 Å². The number of amides is 1. The SMILES string of the molecule is C[C@@H]1CCCC[C@H]1NC(=O)C[C@@](O)(c1nccn1C)C(F)(F)F. The van der Waals surface area contributed by atoms with Crippen LogP contribution >= 0.6 is 0 Å². The van der Waals surface area contributed by atoms with Gasteiger partial charge in [-0.15, -0.1) is 0 Å². The first-order valence-corrected chi connectivity index (χ1v) is 7.71. The normalized spacial score (nSPS) is 25.0. The third kappa shape index (κ3) is 3.68. The second-order valence-corrected chi connectivity index (χ2v) is 6.33. The molecule has 0 aliphatic heterocycles. The number of carbonyl (C=O) groups excluding carboxylic acids is 1. The topological polar surface area (TPSA) is 67.2 Å². The van der Waals surface area contributed by atoms with Crippen LogP contribution in [0.2, 0.25) is 0 Å². The maximum absolute atomic E-state index is 13.4. The van der Waals surface area contributed by atoms with Gasteiger partial charge in [-0.25, -0.2) is 4.98 Å². The summed E-state index contributed by atoms with van der Waals surface area (Å²) in [5.41, 5.74) is -3.30. The summed E-state index contributed by atoms with van der Waals surface area (Å²) < 4.78 is 41.2. The zero-order valence-corrected chi connectivity index (χ0v) is 13.2. The molecule has 1 aromatic heterocycles. The van der Waals surface area contributed by atoms with E-state index in [1.165, 1.54) is 13.2 Å². The second kappa shape index (κ2) is 6.51. The highest BCUT2D eigenvalue weighted by Gasteiger charge is 2.58. The van der Waals surface area contributed by atoms with E-state index in [1.54, 1.807) is 0 Å². The molecule has 1 aromatic rings. The number of hydrogen-bond donors (Lipinski definition) is 2. The van der Waals surface area contributed by atoms with Crippen molar-refractivity contribution in [3.05, 3.63) is 18.2 Å². The molecule has 3 atom stereocenters. The van der Waals surface area contributed by atoms with E-state index in [0.717, 1.165) is 36.4 Å². The Bertz CT molecular complexity index is 558. The molecule has 1 saturated carbocycles. The van der Waals surface area contributed by atoms with E-state index >= 15 is 0 Å². The molecule has 2 rings (SSSR count). The molecule has 1 aliphatic carbocycles. The average Bonchev–Trinajstić information content (AvgIpc) is 2.86. The van der Waals surface area contributed by atoms with E-state index in [1.807, 2.05) is 6.92 Å². The third-order valence-electron chi connectivity index (χ3n) is 4.53. The number of aliphatic hydroxyl groups is 1. The molecule has 1 aliphatic rings. The minimum Gasteiger partial charge on any atom is -0.374 e. The standard InChI is InChI=1S/C15H22F3N3O2/c1-10-5-3-4-6-11(10)20-12(22)9-14(23,15(16,17)18)13-19-7-8-21(13)2/h7-8,10-11,23H,3-6,9H2,1-2H3,(H,20,22)/t10-,11-,14-/m1/s1. The number of aromatic nitrogens is 2. The van der Waals surface area contributed by atoms with Crippen molar-refractivity contribution >= 4 is 5.91 Å². The van der Waals surface area contributed by atoms with Gasteiger partial charge in [0.1, 0.15) is 0 Å². The molecule has 1 amide bonds. The molecule has 0 radical (unpaired) electrons. The summed E-state index contributed by atoms with van der Waals surface area (Å²) in [4.78, 5) is 15.7. The first-order chi connectivity index (χ1) is 10.6. The van der Waals surface area contributed by atoms with Gasteiger partial charge < -0.3 is 15.0 Å². The predicted octanol–water partition coefficient (Wildman–Crippen LogP) is 2.25. The molecule has 1 fully saturated rings. The van der Waals surface area contributed by atoms with Gasteiger partial charge in [0.15, 0.2) is 5.82 Å². The highest BCUT2D eigenvalue weighted by atomic mass is 19.4. The zero-order chi connectivity index (χ0) is 17.3. The summed E-state index contributed by atoms with van der Waals surface area (Å²) in [6.07, 6.45) is 0.0611. The molecule has 0 aromatic carbocycles. The van der Waals surface area contributed by atoms with Gasteiger partial charge in [-0.05, 0) is 18.8 Å². The molecule has 1 heterocycles. The van der Waals surface area contributed by atoms with Crippen LogP contribution in [0.5, 0.6) is 0 Å². The molecule has 0 bridgehead atoms. The van der Waals surface area contributed by atoms with Crippen molar-refractivity contribution in [3.63, 3.8) is 0 Å². The molecule has 0 unspecified atom stereocenters. The van der Waals surface area contributed by atoms with Crippen LogP contribution in [-0.4, -0.2) is 32.8 Å². The van der Waals surface area contributed by atoms with E-state index in [0.29, 0.717) is 0 Å². The van der Waals surface area contributed by atoms with Gasteiger partial charge >= 0.3 is 6.18 Å². The highest BCUT2D eigenvalue weighted by molar-refractivity contribution is 5.77. The predicted molar refractivity (Wildman–Crippen MR) is 77.3 cm³/mol. The number of halogens is 3. The first-order valence-electron chi connectivity index (χ1n) is 7.71. The summed E-state index contributed by atoms with van der Waals surface area (Å²) in [7, 11) is 1.35. The van der Waals surface area contributed by atoms with E-state index in [4.69, 9.17) is 0 Å². The van der Waals surface area contributed by atoms with Crippen LogP contribution in [0.3, 0.4) is 0 Å². The summed E-state index contributed by atoms with van der Waals surface area (Å²) in [5, 5.41) is 12.8. The molecule has 8 heteroatoms. The zero-order valence-electron chi connectivity index (χ0n) is 13.2. The Kier molecular flexibility index (Phi) is 5.03. The third-order valence-corrected chi connectivity index (χ3v) is 4.53. The Morgan fingerprint density at radius 1 is 1.43 bits per heavy atom. The number of aryl methyl sites for hydroxylation is 1. The minimum atomic E-state index is -5.00. The highest BCUT2D eigenvalue weighted by Crippen LogP contribution is 2.40. The lowest BCUT2D eigenvalue weighted by atomic mass is 9.85. The number of carbonyl (C=O) groups is 1. The van der Waals surface area contributed by atoms with Crippen LogP contribution in [0.15, 0.2) is 12.4 Å². The molecule has 0 saturated heterocycles. The number of imidazole rings is 1. The summed E-state index contributed by atoms with van der Waals surface area (Å²) in [6, 6.07) is -0.143. The summed E-state index contributed by atoms with van der Waals surface area (Å²) in [6.45, 7) is 1.97. The Balaban J connectivity index is 2.15. The van der Waals surface area contributed by atoms with Crippen LogP contribution in [0, 0.1) is 5.92 Å². The van der Waals surface area contributed by atoms with E-state index in [2.05, 4.69) is 10.3 Å². The number of nitrogens with one attached hydrogen (secondary N) is 1. The maximum atomic E-state index is 13.4. The summed E-state index contributed by atoms with van der Waals surface area (Å²) >= 11 is 0. The van der Waals surface area contributed by atoms with Crippen LogP contribution < -0.4 is 5.32 Å². The van der Waals surface area contributed by atoms with Gasteiger partial charge in [0.25, 0.3) is 0 Å². The van der Waals surface area contributed by atoms with Crippen LogP contribution in [0.1, 0.15) is 44.9 Å². The molecule has 23 heavy (non-hydrogen) atoms. The van der Waals surface area contributed by atoms with Crippen LogP contribution in [0.4, 0.5) is 13.2 Å². The van der Waals surface area contributed by atoms with E-state index in [9.17, 15) is 23.1 Å². The van der Waals surface area contributed by atoms with E-state index in [-0.39, 0.29) is 12.0 Å². The number of alkyl halides is 3. The fourth-order valence-corrected chi connectivity index (χ4v) is 3.09. The van der Waals surface area contributed by atoms with Gasteiger partial charge in [-0.2, -0.15) is 13.2 Å². The molecule has 2 N–H and O–H groups in total. The van der Waals surface area contributed by atoms with Gasteiger partial charge in [0.2, 0.25) is 11.5 Å². The monoisotopic (exact) mass is 333 g/mol. The van der Waals surface area contributed by atoms with Crippen molar-refractivity contribution in [2.45, 2.75) is 56.8 Å². The lowest BCUT2D eigenvalue weighted by Gasteiger charge is -2.32. The van der Waals surface area contributed by atoms with E-state index < -0.39 is 29.9 Å². The van der Waals surface area contributed by atoms with Crippen molar-refractivity contribution < 1.29 is 23.1 Å². The Morgan fingerprint density at radius 3 is 2.61 bits per heavy atom. The lowest BCUT2D eigenvalue weighted by molar-refractivity contribution is -0.271. The van der Waals surface area contributed by atoms with Crippen LogP contribution in [0.25, 0.3) is 0 Å². The minimum absolute atomic E-state index is 0.143. The maximum Gasteiger partial charge on any atom is 0.425 e. The molecule has 0 spiro atoms. The Hall–Kier alpha value is -1.57. The van der Waals surface area contributed by atoms with Crippen molar-refractivity contribution in [2.24, 2.45) is 13.0 Å². The number of rotatable bonds is 4. The van der Waals surface area contributed by atoms with Crippen molar-refractivity contribution in [2.75, 3.05) is 0 Å².